The van der Waals surface area contributed by atoms with Crippen molar-refractivity contribution in [3.05, 3.63) is 11.6 Å². The van der Waals surface area contributed by atoms with Gasteiger partial charge in [-0.2, -0.15) is 5.26 Å². The molecule has 0 bridgehead atoms. The van der Waals surface area contributed by atoms with Gasteiger partial charge in [0.25, 0.3) is 0 Å². The predicted octanol–water partition coefficient (Wildman–Crippen LogP) is 3.87. The fourth-order valence-corrected chi connectivity index (χ4v) is 2.81. The van der Waals surface area contributed by atoms with E-state index in [9.17, 15) is 0 Å². The fraction of sp³-hybridized carbons (Fsp3) is 0.750. The van der Waals surface area contributed by atoms with Gasteiger partial charge in [0.2, 0.25) is 0 Å². The summed E-state index contributed by atoms with van der Waals surface area (Å²) in [5.41, 5.74) is 1.08. The Labute approximate surface area is 100 Å². The molecule has 0 rings (SSSR count). The van der Waals surface area contributed by atoms with Gasteiger partial charge >= 0.3 is 0 Å². The summed E-state index contributed by atoms with van der Waals surface area (Å²) in [6.07, 6.45) is 2.33. The molecule has 0 saturated heterocycles. The number of hydrogen-bond acceptors (Lipinski definition) is 3. The summed E-state index contributed by atoms with van der Waals surface area (Å²) in [7, 11) is -0.895. The Balaban J connectivity index is 4.60. The lowest BCUT2D eigenvalue weighted by Gasteiger charge is -2.25. The lowest BCUT2D eigenvalue weighted by Crippen LogP contribution is -2.13. The zero-order chi connectivity index (χ0) is 12.6. The van der Waals surface area contributed by atoms with Crippen molar-refractivity contribution >= 4 is 8.38 Å². The molecule has 16 heavy (non-hydrogen) atoms. The summed E-state index contributed by atoms with van der Waals surface area (Å²) in [5, 5.41) is 8.77. The minimum Gasteiger partial charge on any atom is -0.334 e. The third kappa shape index (κ3) is 6.23. The molecule has 0 heterocycles. The van der Waals surface area contributed by atoms with Crippen LogP contribution in [-0.2, 0) is 9.05 Å². The van der Waals surface area contributed by atoms with E-state index in [1.807, 2.05) is 13.8 Å². The van der Waals surface area contributed by atoms with Gasteiger partial charge in [0, 0.05) is 12.2 Å². The summed E-state index contributed by atoms with van der Waals surface area (Å²) in [4.78, 5) is 0. The van der Waals surface area contributed by atoms with Crippen LogP contribution in [0.1, 0.15) is 34.6 Å². The average Bonchev–Trinajstić information content (AvgIpc) is 2.16. The van der Waals surface area contributed by atoms with Crippen molar-refractivity contribution < 1.29 is 9.05 Å². The Morgan fingerprint density at radius 2 is 1.75 bits per heavy atom. The zero-order valence-corrected chi connectivity index (χ0v) is 11.8. The molecule has 0 aliphatic rings. The van der Waals surface area contributed by atoms with E-state index >= 15 is 0 Å². The second kappa shape index (κ2) is 7.79. The molecule has 0 N–H and O–H groups in total. The number of allylic oxidation sites excluding steroid dienone is 2. The Hall–Kier alpha value is -0.420. The number of hydrogen-bond donors (Lipinski definition) is 0. The van der Waals surface area contributed by atoms with Crippen LogP contribution in [0.15, 0.2) is 11.6 Å². The van der Waals surface area contributed by atoms with Crippen LogP contribution in [0.4, 0.5) is 0 Å². The van der Waals surface area contributed by atoms with E-state index in [4.69, 9.17) is 14.3 Å². The summed E-state index contributed by atoms with van der Waals surface area (Å²) in [5.74, 6) is 0. The van der Waals surface area contributed by atoms with Crippen molar-refractivity contribution in [3.8, 4) is 6.07 Å². The molecule has 0 unspecified atom stereocenters. The molecule has 3 nitrogen and oxygen atoms in total. The topological polar surface area (TPSA) is 42.2 Å². The fourth-order valence-electron chi connectivity index (χ4n) is 1.13. The van der Waals surface area contributed by atoms with Crippen molar-refractivity contribution in [2.45, 2.75) is 34.6 Å². The van der Waals surface area contributed by atoms with Crippen LogP contribution >= 0.6 is 8.38 Å². The molecular weight excluding hydrogens is 221 g/mol. The molecular formula is C12H22NO2P. The third-order valence-electron chi connectivity index (χ3n) is 2.05. The van der Waals surface area contributed by atoms with Crippen molar-refractivity contribution in [2.24, 2.45) is 5.41 Å². The summed E-state index contributed by atoms with van der Waals surface area (Å²) < 4.78 is 11.1. The monoisotopic (exact) mass is 243 g/mol. The highest BCUT2D eigenvalue weighted by molar-refractivity contribution is 7.47. The number of nitriles is 1. The molecule has 0 amide bonds. The van der Waals surface area contributed by atoms with Gasteiger partial charge in [-0.3, -0.25) is 0 Å². The molecule has 0 aromatic carbocycles. The largest absolute Gasteiger partial charge is 0.334 e. The van der Waals surface area contributed by atoms with E-state index in [1.54, 1.807) is 6.08 Å². The van der Waals surface area contributed by atoms with Crippen LogP contribution in [0.3, 0.4) is 0 Å². The maximum atomic E-state index is 8.77. The first-order valence-electron chi connectivity index (χ1n) is 5.58. The van der Waals surface area contributed by atoms with Crippen LogP contribution in [0.5, 0.6) is 0 Å². The molecule has 0 fully saturated rings. The van der Waals surface area contributed by atoms with Gasteiger partial charge in [0.1, 0.15) is 0 Å². The van der Waals surface area contributed by atoms with Gasteiger partial charge in [-0.1, -0.05) is 20.8 Å². The van der Waals surface area contributed by atoms with E-state index in [1.165, 1.54) is 0 Å². The molecule has 0 aromatic heterocycles. The first-order valence-corrected chi connectivity index (χ1v) is 6.94. The van der Waals surface area contributed by atoms with Crippen molar-refractivity contribution in [1.82, 2.24) is 0 Å². The predicted molar refractivity (Wildman–Crippen MR) is 68.2 cm³/mol. The van der Waals surface area contributed by atoms with E-state index < -0.39 is 8.38 Å². The van der Waals surface area contributed by atoms with Gasteiger partial charge in [-0.05, 0) is 24.8 Å². The molecule has 0 saturated carbocycles. The van der Waals surface area contributed by atoms with Crippen LogP contribution in [0, 0.1) is 16.7 Å². The van der Waals surface area contributed by atoms with Crippen LogP contribution in [0.25, 0.3) is 0 Å². The summed E-state index contributed by atoms with van der Waals surface area (Å²) in [6, 6.07) is 2.10. The van der Waals surface area contributed by atoms with E-state index in [0.29, 0.717) is 19.4 Å². The van der Waals surface area contributed by atoms with E-state index in [0.717, 1.165) is 5.57 Å². The maximum Gasteiger partial charge on any atom is 0.174 e. The molecule has 0 aliphatic heterocycles. The van der Waals surface area contributed by atoms with E-state index in [-0.39, 0.29) is 5.41 Å². The Morgan fingerprint density at radius 1 is 1.25 bits per heavy atom. The molecule has 92 valence electrons. The standard InChI is InChI=1S/C12H22NO2P/c1-6-14-16(15-7-2)10-11(8-9-13)12(3,4)5/h8H,6-7,10H2,1-5H3/b11-8-. The van der Waals surface area contributed by atoms with Crippen molar-refractivity contribution in [3.63, 3.8) is 0 Å². The van der Waals surface area contributed by atoms with Gasteiger partial charge in [-0.25, -0.2) is 0 Å². The Morgan fingerprint density at radius 3 is 2.06 bits per heavy atom. The highest BCUT2D eigenvalue weighted by Gasteiger charge is 2.22. The van der Waals surface area contributed by atoms with E-state index in [2.05, 4.69) is 26.8 Å². The van der Waals surface area contributed by atoms with Crippen LogP contribution < -0.4 is 0 Å². The second-order valence-corrected chi connectivity index (χ2v) is 5.87. The summed E-state index contributed by atoms with van der Waals surface area (Å²) in [6.45, 7) is 11.5. The molecule has 0 aliphatic carbocycles. The normalized spacial score (nSPS) is 12.9. The molecule has 0 radical (unpaired) electrons. The zero-order valence-electron chi connectivity index (χ0n) is 10.9. The second-order valence-electron chi connectivity index (χ2n) is 4.38. The lowest BCUT2D eigenvalue weighted by atomic mass is 9.87. The van der Waals surface area contributed by atoms with Gasteiger partial charge < -0.3 is 9.05 Å². The summed E-state index contributed by atoms with van der Waals surface area (Å²) >= 11 is 0. The maximum absolute atomic E-state index is 8.77. The van der Waals surface area contributed by atoms with Gasteiger partial charge in [-0.15, -0.1) is 0 Å². The first-order chi connectivity index (χ1) is 7.45. The van der Waals surface area contributed by atoms with Crippen molar-refractivity contribution in [2.75, 3.05) is 19.4 Å². The van der Waals surface area contributed by atoms with Crippen molar-refractivity contribution in [1.29, 1.82) is 5.26 Å². The lowest BCUT2D eigenvalue weighted by molar-refractivity contribution is 0.269. The smallest absolute Gasteiger partial charge is 0.174 e. The third-order valence-corrected chi connectivity index (χ3v) is 3.74. The SMILES string of the molecule is CCOP(C/C(=C/C#N)C(C)(C)C)OCC. The van der Waals surface area contributed by atoms with Crippen LogP contribution in [-0.4, -0.2) is 19.4 Å². The van der Waals surface area contributed by atoms with Gasteiger partial charge in [0.15, 0.2) is 8.38 Å². The minimum absolute atomic E-state index is 0.00941. The molecule has 0 spiro atoms. The minimum atomic E-state index is -0.895. The number of rotatable bonds is 6. The Bertz CT molecular complexity index is 257. The van der Waals surface area contributed by atoms with Gasteiger partial charge in [0.05, 0.1) is 19.3 Å². The molecule has 4 heteroatoms. The van der Waals surface area contributed by atoms with Crippen LogP contribution in [0.2, 0.25) is 0 Å². The molecule has 0 aromatic rings. The quantitative estimate of drug-likeness (QED) is 0.525. The highest BCUT2D eigenvalue weighted by Crippen LogP contribution is 2.43. The number of nitrogens with zero attached hydrogens (tertiary/aromatic N) is 1. The highest BCUT2D eigenvalue weighted by atomic mass is 31.2. The Kier molecular flexibility index (Phi) is 7.58. The molecule has 0 atom stereocenters. The first kappa shape index (κ1) is 15.6. The average molecular weight is 243 g/mol.